The molecule has 1 atom stereocenters. The Labute approximate surface area is 123 Å². The molecule has 20 heavy (non-hydrogen) atoms. The zero-order chi connectivity index (χ0) is 14.5. The van der Waals surface area contributed by atoms with E-state index in [0.29, 0.717) is 24.7 Å². The van der Waals surface area contributed by atoms with Crippen LogP contribution in [0.4, 0.5) is 0 Å². The summed E-state index contributed by atoms with van der Waals surface area (Å²) in [6.45, 7) is 6.88. The third-order valence-electron chi connectivity index (χ3n) is 2.91. The second kappa shape index (κ2) is 6.72. The summed E-state index contributed by atoms with van der Waals surface area (Å²) >= 11 is 1.45. The molecule has 1 aromatic carbocycles. The van der Waals surface area contributed by atoms with Crippen LogP contribution in [0.3, 0.4) is 0 Å². The van der Waals surface area contributed by atoms with Gasteiger partial charge in [-0.1, -0.05) is 6.07 Å². The number of rotatable bonds is 6. The van der Waals surface area contributed by atoms with Crippen molar-refractivity contribution in [2.24, 2.45) is 0 Å². The number of ether oxygens (including phenoxy) is 2. The van der Waals surface area contributed by atoms with E-state index in [9.17, 15) is 5.11 Å². The Balaban J connectivity index is 2.32. The van der Waals surface area contributed by atoms with Crippen LogP contribution in [0.25, 0.3) is 0 Å². The first-order chi connectivity index (χ1) is 9.67. The Kier molecular flexibility index (Phi) is 4.98. The minimum atomic E-state index is -0.683. The van der Waals surface area contributed by atoms with Gasteiger partial charge in [-0.25, -0.2) is 4.98 Å². The Morgan fingerprint density at radius 1 is 1.20 bits per heavy atom. The third-order valence-corrected chi connectivity index (χ3v) is 3.90. The lowest BCUT2D eigenvalue weighted by Crippen LogP contribution is -2.03. The van der Waals surface area contributed by atoms with Crippen LogP contribution in [0.2, 0.25) is 0 Å². The first-order valence-electron chi connectivity index (χ1n) is 6.65. The van der Waals surface area contributed by atoms with Gasteiger partial charge in [0.15, 0.2) is 11.5 Å². The molecule has 108 valence electrons. The van der Waals surface area contributed by atoms with Gasteiger partial charge in [-0.3, -0.25) is 0 Å². The molecule has 0 amide bonds. The molecular formula is C15H19NO3S. The number of nitrogens with zero attached hydrogens (tertiary/aromatic N) is 1. The maximum absolute atomic E-state index is 10.4. The fourth-order valence-electron chi connectivity index (χ4n) is 1.96. The van der Waals surface area contributed by atoms with Gasteiger partial charge in [-0.05, 0) is 38.5 Å². The number of aliphatic hydroxyl groups is 1. The molecule has 4 nitrogen and oxygen atoms in total. The van der Waals surface area contributed by atoms with Crippen LogP contribution in [0.5, 0.6) is 11.5 Å². The average Bonchev–Trinajstić information content (AvgIpc) is 2.86. The molecule has 5 heteroatoms. The predicted octanol–water partition coefficient (Wildman–Crippen LogP) is 3.33. The van der Waals surface area contributed by atoms with E-state index < -0.39 is 6.10 Å². The van der Waals surface area contributed by atoms with E-state index in [1.165, 1.54) is 11.3 Å². The summed E-state index contributed by atoms with van der Waals surface area (Å²) in [5.74, 6) is 1.36. The molecule has 0 saturated carbocycles. The van der Waals surface area contributed by atoms with Crippen molar-refractivity contribution in [2.45, 2.75) is 26.9 Å². The summed E-state index contributed by atoms with van der Waals surface area (Å²) in [6, 6.07) is 5.53. The number of thiazole rings is 1. The van der Waals surface area contributed by atoms with Crippen molar-refractivity contribution >= 4 is 11.3 Å². The Morgan fingerprint density at radius 2 is 1.90 bits per heavy atom. The molecule has 0 radical (unpaired) electrons. The van der Waals surface area contributed by atoms with Crippen molar-refractivity contribution < 1.29 is 14.6 Å². The van der Waals surface area contributed by atoms with Crippen LogP contribution in [-0.4, -0.2) is 23.3 Å². The van der Waals surface area contributed by atoms with Gasteiger partial charge in [0.05, 0.1) is 29.3 Å². The highest BCUT2D eigenvalue weighted by Crippen LogP contribution is 2.34. The number of hydrogen-bond donors (Lipinski definition) is 1. The van der Waals surface area contributed by atoms with Gasteiger partial charge in [0.1, 0.15) is 6.10 Å². The highest BCUT2D eigenvalue weighted by Gasteiger charge is 2.17. The number of aromatic nitrogens is 1. The minimum absolute atomic E-state index is 0.555. The van der Waals surface area contributed by atoms with E-state index in [1.54, 1.807) is 5.51 Å². The van der Waals surface area contributed by atoms with Crippen LogP contribution in [-0.2, 0) is 0 Å². The molecule has 0 aliphatic rings. The third kappa shape index (κ3) is 3.11. The molecule has 0 spiro atoms. The summed E-state index contributed by atoms with van der Waals surface area (Å²) in [5.41, 5.74) is 3.38. The smallest absolute Gasteiger partial charge is 0.161 e. The zero-order valence-electron chi connectivity index (χ0n) is 11.9. The van der Waals surface area contributed by atoms with Gasteiger partial charge in [-0.2, -0.15) is 0 Å². The number of aliphatic hydroxyl groups excluding tert-OH is 1. The van der Waals surface area contributed by atoms with Crippen molar-refractivity contribution in [2.75, 3.05) is 13.2 Å². The van der Waals surface area contributed by atoms with Gasteiger partial charge in [-0.15, -0.1) is 11.3 Å². The molecule has 1 unspecified atom stereocenters. The van der Waals surface area contributed by atoms with E-state index >= 15 is 0 Å². The molecule has 1 heterocycles. The van der Waals surface area contributed by atoms with Crippen LogP contribution in [0.1, 0.15) is 36.1 Å². The standard InChI is InChI=1S/C15H19NO3S/c1-4-18-12-7-6-11(8-13(12)19-5-2)14(17)15-10(3)16-9-20-15/h6-9,14,17H,4-5H2,1-3H3. The lowest BCUT2D eigenvalue weighted by molar-refractivity contribution is 0.221. The van der Waals surface area contributed by atoms with Crippen LogP contribution < -0.4 is 9.47 Å². The maximum atomic E-state index is 10.4. The summed E-state index contributed by atoms with van der Waals surface area (Å²) in [7, 11) is 0. The first kappa shape index (κ1) is 14.8. The average molecular weight is 293 g/mol. The molecule has 1 aromatic heterocycles. The monoisotopic (exact) mass is 293 g/mol. The molecule has 0 saturated heterocycles. The lowest BCUT2D eigenvalue weighted by atomic mass is 10.1. The summed E-state index contributed by atoms with van der Waals surface area (Å²) in [4.78, 5) is 5.03. The molecule has 2 rings (SSSR count). The van der Waals surface area contributed by atoms with Crippen molar-refractivity contribution in [3.05, 3.63) is 39.8 Å². The molecular weight excluding hydrogens is 274 g/mol. The fourth-order valence-corrected chi connectivity index (χ4v) is 2.78. The molecule has 2 aromatic rings. The van der Waals surface area contributed by atoms with Gasteiger partial charge in [0.25, 0.3) is 0 Å². The van der Waals surface area contributed by atoms with E-state index in [4.69, 9.17) is 9.47 Å². The van der Waals surface area contributed by atoms with Gasteiger partial charge < -0.3 is 14.6 Å². The second-order valence-electron chi connectivity index (χ2n) is 4.28. The number of aryl methyl sites for hydroxylation is 1. The fraction of sp³-hybridized carbons (Fsp3) is 0.400. The molecule has 0 aliphatic carbocycles. The molecule has 0 bridgehead atoms. The SMILES string of the molecule is CCOc1ccc(C(O)c2scnc2C)cc1OCC. The summed E-state index contributed by atoms with van der Waals surface area (Å²) < 4.78 is 11.1. The summed E-state index contributed by atoms with van der Waals surface area (Å²) in [5, 5.41) is 10.4. The van der Waals surface area contributed by atoms with Crippen molar-refractivity contribution in [1.82, 2.24) is 4.98 Å². The number of hydrogen-bond acceptors (Lipinski definition) is 5. The van der Waals surface area contributed by atoms with E-state index in [-0.39, 0.29) is 0 Å². The largest absolute Gasteiger partial charge is 0.490 e. The Bertz CT molecular complexity index is 568. The Hall–Kier alpha value is -1.59. The topological polar surface area (TPSA) is 51.6 Å². The first-order valence-corrected chi connectivity index (χ1v) is 7.52. The van der Waals surface area contributed by atoms with Gasteiger partial charge in [0.2, 0.25) is 0 Å². The Morgan fingerprint density at radius 3 is 2.50 bits per heavy atom. The van der Waals surface area contributed by atoms with Gasteiger partial charge in [0, 0.05) is 0 Å². The van der Waals surface area contributed by atoms with Crippen LogP contribution in [0, 0.1) is 6.92 Å². The quantitative estimate of drug-likeness (QED) is 0.887. The van der Waals surface area contributed by atoms with Crippen LogP contribution in [0.15, 0.2) is 23.7 Å². The van der Waals surface area contributed by atoms with Gasteiger partial charge >= 0.3 is 0 Å². The maximum Gasteiger partial charge on any atom is 0.161 e. The highest BCUT2D eigenvalue weighted by molar-refractivity contribution is 7.09. The lowest BCUT2D eigenvalue weighted by Gasteiger charge is -2.15. The van der Waals surface area contributed by atoms with Crippen molar-refractivity contribution in [3.63, 3.8) is 0 Å². The van der Waals surface area contributed by atoms with Crippen molar-refractivity contribution in [3.8, 4) is 11.5 Å². The second-order valence-corrected chi connectivity index (χ2v) is 5.16. The van der Waals surface area contributed by atoms with Crippen LogP contribution >= 0.6 is 11.3 Å². The van der Waals surface area contributed by atoms with E-state index in [2.05, 4.69) is 4.98 Å². The van der Waals surface area contributed by atoms with Crippen molar-refractivity contribution in [1.29, 1.82) is 0 Å². The zero-order valence-corrected chi connectivity index (χ0v) is 12.7. The van der Waals surface area contributed by atoms with E-state index in [1.807, 2.05) is 39.0 Å². The molecule has 0 aliphatic heterocycles. The minimum Gasteiger partial charge on any atom is -0.490 e. The van der Waals surface area contributed by atoms with E-state index in [0.717, 1.165) is 16.1 Å². The normalized spacial score (nSPS) is 12.2. The highest BCUT2D eigenvalue weighted by atomic mass is 32.1. The molecule has 1 N–H and O–H groups in total. The molecule has 0 fully saturated rings. The number of benzene rings is 1. The summed E-state index contributed by atoms with van der Waals surface area (Å²) in [6.07, 6.45) is -0.683. The predicted molar refractivity (Wildman–Crippen MR) is 79.7 cm³/mol.